The minimum atomic E-state index is 1.12. The highest BCUT2D eigenvalue weighted by atomic mass is 127. The van der Waals surface area contributed by atoms with Gasteiger partial charge in [-0.1, -0.05) is 19.1 Å². The third kappa shape index (κ3) is 1.68. The Hall–Kier alpha value is -0.0500. The molecule has 1 aromatic rings. The van der Waals surface area contributed by atoms with Gasteiger partial charge in [0.05, 0.1) is 0 Å². The van der Waals surface area contributed by atoms with E-state index in [2.05, 4.69) is 41.6 Å². The van der Waals surface area contributed by atoms with E-state index in [0.29, 0.717) is 0 Å². The van der Waals surface area contributed by atoms with Gasteiger partial charge in [0.2, 0.25) is 0 Å². The van der Waals surface area contributed by atoms with Crippen molar-refractivity contribution in [3.05, 3.63) is 33.4 Å². The Labute approximate surface area is 69.4 Å². The summed E-state index contributed by atoms with van der Waals surface area (Å²) in [7, 11) is 0. The van der Waals surface area contributed by atoms with Crippen molar-refractivity contribution in [3.63, 3.8) is 0 Å². The molecule has 0 bridgehead atoms. The fraction of sp³-hybridized carbons (Fsp3) is 0.250. The molecule has 1 radical (unpaired) electrons. The summed E-state index contributed by atoms with van der Waals surface area (Å²) >= 11 is 2.33. The number of hydrogen-bond acceptors (Lipinski definition) is 0. The van der Waals surface area contributed by atoms with Crippen LogP contribution >= 0.6 is 22.6 Å². The minimum Gasteiger partial charge on any atom is -0.0613 e. The lowest BCUT2D eigenvalue weighted by atomic mass is 10.2. The van der Waals surface area contributed by atoms with E-state index in [4.69, 9.17) is 0 Å². The second-order valence-corrected chi connectivity index (χ2v) is 3.03. The van der Waals surface area contributed by atoms with E-state index in [-0.39, 0.29) is 0 Å². The zero-order chi connectivity index (χ0) is 6.69. The van der Waals surface area contributed by atoms with E-state index in [0.717, 1.165) is 6.42 Å². The summed E-state index contributed by atoms with van der Waals surface area (Å²) in [5.74, 6) is 0. The molecule has 0 atom stereocenters. The van der Waals surface area contributed by atoms with Gasteiger partial charge < -0.3 is 0 Å². The Kier molecular flexibility index (Phi) is 2.51. The Balaban J connectivity index is 3.01. The van der Waals surface area contributed by atoms with Gasteiger partial charge in [-0.15, -0.1) is 0 Å². The number of halogens is 1. The van der Waals surface area contributed by atoms with Crippen LogP contribution in [0.15, 0.2) is 18.2 Å². The average Bonchev–Trinajstić information content (AvgIpc) is 1.89. The second-order valence-electron chi connectivity index (χ2n) is 1.87. The van der Waals surface area contributed by atoms with Crippen molar-refractivity contribution in [1.29, 1.82) is 0 Å². The van der Waals surface area contributed by atoms with Crippen molar-refractivity contribution in [3.8, 4) is 0 Å². The van der Waals surface area contributed by atoms with Crippen LogP contribution in [0.25, 0.3) is 0 Å². The van der Waals surface area contributed by atoms with Crippen LogP contribution in [-0.2, 0) is 6.42 Å². The number of benzene rings is 1. The summed E-state index contributed by atoms with van der Waals surface area (Å²) in [5.41, 5.74) is 1.41. The summed E-state index contributed by atoms with van der Waals surface area (Å²) < 4.78 is 1.32. The standard InChI is InChI=1S/C8H8I/c1-2-7-5-3-4-6-8(7)9/h3,5-6H,2H2,1H3. The largest absolute Gasteiger partial charge is 0.0613 e. The molecule has 1 heteroatoms. The lowest BCUT2D eigenvalue weighted by Gasteiger charge is -1.96. The van der Waals surface area contributed by atoms with Gasteiger partial charge in [0.1, 0.15) is 0 Å². The summed E-state index contributed by atoms with van der Waals surface area (Å²) in [6, 6.07) is 9.11. The molecular formula is C8H8I. The molecule has 0 aliphatic heterocycles. The molecule has 0 aliphatic rings. The van der Waals surface area contributed by atoms with E-state index in [1.807, 2.05) is 12.1 Å². The highest BCUT2D eigenvalue weighted by molar-refractivity contribution is 14.1. The highest BCUT2D eigenvalue weighted by Crippen LogP contribution is 2.10. The first-order valence-corrected chi connectivity index (χ1v) is 4.07. The normalized spacial score (nSPS) is 9.56. The minimum absolute atomic E-state index is 1.12. The van der Waals surface area contributed by atoms with Gasteiger partial charge in [-0.3, -0.25) is 0 Å². The molecule has 0 unspecified atom stereocenters. The highest BCUT2D eigenvalue weighted by Gasteiger charge is 1.91. The van der Waals surface area contributed by atoms with Crippen molar-refractivity contribution in [2.75, 3.05) is 0 Å². The fourth-order valence-electron chi connectivity index (χ4n) is 0.729. The molecule has 0 aromatic heterocycles. The smallest absolute Gasteiger partial charge is 0.0168 e. The molecule has 9 heavy (non-hydrogen) atoms. The summed E-state index contributed by atoms with van der Waals surface area (Å²) in [4.78, 5) is 0. The van der Waals surface area contributed by atoms with Crippen LogP contribution < -0.4 is 0 Å². The molecule has 0 nitrogen and oxygen atoms in total. The fourth-order valence-corrected chi connectivity index (χ4v) is 1.47. The molecule has 1 rings (SSSR count). The lowest BCUT2D eigenvalue weighted by Crippen LogP contribution is -1.82. The third-order valence-corrected chi connectivity index (χ3v) is 2.28. The second kappa shape index (κ2) is 3.20. The van der Waals surface area contributed by atoms with Crippen molar-refractivity contribution in [2.45, 2.75) is 13.3 Å². The Morgan fingerprint density at radius 2 is 2.44 bits per heavy atom. The third-order valence-electron chi connectivity index (χ3n) is 1.28. The molecule has 47 valence electrons. The van der Waals surface area contributed by atoms with E-state index >= 15 is 0 Å². The van der Waals surface area contributed by atoms with Gasteiger partial charge in [0.25, 0.3) is 0 Å². The summed E-state index contributed by atoms with van der Waals surface area (Å²) in [5, 5.41) is 0. The van der Waals surface area contributed by atoms with Crippen molar-refractivity contribution in [1.82, 2.24) is 0 Å². The average molecular weight is 231 g/mol. The van der Waals surface area contributed by atoms with Crippen molar-refractivity contribution >= 4 is 22.6 Å². The maximum atomic E-state index is 3.03. The SMILES string of the molecule is CCc1cc[c]cc1I. The molecule has 0 saturated carbocycles. The van der Waals surface area contributed by atoms with Crippen LogP contribution in [-0.4, -0.2) is 0 Å². The molecule has 0 fully saturated rings. The zero-order valence-electron chi connectivity index (χ0n) is 5.32. The van der Waals surface area contributed by atoms with Crippen LogP contribution in [0.5, 0.6) is 0 Å². The quantitative estimate of drug-likeness (QED) is 0.652. The first-order chi connectivity index (χ1) is 4.34. The molecule has 0 amide bonds. The predicted molar refractivity (Wildman–Crippen MR) is 47.4 cm³/mol. The Bertz CT molecular complexity index is 194. The van der Waals surface area contributed by atoms with E-state index in [9.17, 15) is 0 Å². The molecule has 1 aromatic carbocycles. The van der Waals surface area contributed by atoms with Crippen LogP contribution in [0.4, 0.5) is 0 Å². The molecule has 0 saturated heterocycles. The zero-order valence-corrected chi connectivity index (χ0v) is 7.47. The summed E-state index contributed by atoms with van der Waals surface area (Å²) in [6.45, 7) is 2.16. The van der Waals surface area contributed by atoms with Crippen LogP contribution in [0, 0.1) is 9.64 Å². The van der Waals surface area contributed by atoms with Crippen LogP contribution in [0.2, 0.25) is 0 Å². The first kappa shape index (κ1) is 7.06. The molecule has 0 N–H and O–H groups in total. The molecule has 0 aliphatic carbocycles. The maximum Gasteiger partial charge on any atom is 0.0168 e. The van der Waals surface area contributed by atoms with Gasteiger partial charge in [0, 0.05) is 3.57 Å². The summed E-state index contributed by atoms with van der Waals surface area (Å²) in [6.07, 6.45) is 1.12. The predicted octanol–water partition coefficient (Wildman–Crippen LogP) is 2.65. The number of hydrogen-bond donors (Lipinski definition) is 0. The van der Waals surface area contributed by atoms with Gasteiger partial charge in [-0.05, 0) is 46.7 Å². The molecule has 0 spiro atoms. The Morgan fingerprint density at radius 1 is 1.67 bits per heavy atom. The maximum absolute atomic E-state index is 3.03. The van der Waals surface area contributed by atoms with E-state index in [1.54, 1.807) is 0 Å². The first-order valence-electron chi connectivity index (χ1n) is 2.99. The van der Waals surface area contributed by atoms with Gasteiger partial charge in [0.15, 0.2) is 0 Å². The molecular weight excluding hydrogens is 223 g/mol. The van der Waals surface area contributed by atoms with Gasteiger partial charge in [-0.25, -0.2) is 0 Å². The van der Waals surface area contributed by atoms with E-state index < -0.39 is 0 Å². The number of rotatable bonds is 1. The van der Waals surface area contributed by atoms with Crippen molar-refractivity contribution in [2.24, 2.45) is 0 Å². The van der Waals surface area contributed by atoms with Gasteiger partial charge >= 0.3 is 0 Å². The van der Waals surface area contributed by atoms with Crippen LogP contribution in [0.3, 0.4) is 0 Å². The Morgan fingerprint density at radius 3 is 2.89 bits per heavy atom. The monoisotopic (exact) mass is 231 g/mol. The molecule has 0 heterocycles. The van der Waals surface area contributed by atoms with Crippen LogP contribution in [0.1, 0.15) is 12.5 Å². The lowest BCUT2D eigenvalue weighted by molar-refractivity contribution is 1.13. The van der Waals surface area contributed by atoms with Crippen molar-refractivity contribution < 1.29 is 0 Å². The number of aryl methyl sites for hydroxylation is 1. The van der Waals surface area contributed by atoms with Gasteiger partial charge in [-0.2, -0.15) is 0 Å². The van der Waals surface area contributed by atoms with E-state index in [1.165, 1.54) is 9.13 Å². The topological polar surface area (TPSA) is 0 Å².